The van der Waals surface area contributed by atoms with Crippen LogP contribution in [-0.4, -0.2) is 13.2 Å². The molecule has 2 aromatic rings. The molecule has 0 amide bonds. The van der Waals surface area contributed by atoms with Crippen molar-refractivity contribution in [2.24, 2.45) is 0 Å². The SMILES string of the molecule is Clc1cc(CNc2c(Br)cccc2Br)cc2c1OCCO2. The first kappa shape index (κ1) is 15.0. The number of fused-ring (bicyclic) bond motifs is 1. The Hall–Kier alpha value is -0.910. The standard InChI is InChI=1S/C15H12Br2ClNO2/c16-10-2-1-3-11(17)14(10)19-8-9-6-12(18)15-13(7-9)20-4-5-21-15/h1-3,6-7,19H,4-5,8H2. The number of ether oxygens (including phenoxy) is 2. The van der Waals surface area contributed by atoms with Gasteiger partial charge in [0.25, 0.3) is 0 Å². The Kier molecular flexibility index (Phi) is 4.62. The lowest BCUT2D eigenvalue weighted by Gasteiger charge is -2.20. The maximum atomic E-state index is 6.24. The number of benzene rings is 2. The Bertz CT molecular complexity index is 659. The van der Waals surface area contributed by atoms with Gasteiger partial charge >= 0.3 is 0 Å². The molecule has 2 aromatic carbocycles. The molecule has 0 saturated carbocycles. The molecule has 0 saturated heterocycles. The third-order valence-corrected chi connectivity index (χ3v) is 4.69. The van der Waals surface area contributed by atoms with Crippen LogP contribution in [-0.2, 0) is 6.54 Å². The highest BCUT2D eigenvalue weighted by Crippen LogP contribution is 2.39. The van der Waals surface area contributed by atoms with Crippen molar-refractivity contribution >= 4 is 49.1 Å². The largest absolute Gasteiger partial charge is 0.486 e. The summed E-state index contributed by atoms with van der Waals surface area (Å²) in [6.07, 6.45) is 0. The first-order valence-electron chi connectivity index (χ1n) is 6.41. The Morgan fingerprint density at radius 3 is 2.57 bits per heavy atom. The fraction of sp³-hybridized carbons (Fsp3) is 0.200. The van der Waals surface area contributed by atoms with E-state index in [4.69, 9.17) is 21.1 Å². The predicted octanol–water partition coefficient (Wildman–Crippen LogP) is 5.25. The maximum Gasteiger partial charge on any atom is 0.179 e. The van der Waals surface area contributed by atoms with Crippen molar-refractivity contribution in [3.63, 3.8) is 0 Å². The highest BCUT2D eigenvalue weighted by Gasteiger charge is 2.16. The highest BCUT2D eigenvalue weighted by molar-refractivity contribution is 9.11. The topological polar surface area (TPSA) is 30.5 Å². The van der Waals surface area contributed by atoms with Crippen LogP contribution in [0, 0.1) is 0 Å². The van der Waals surface area contributed by atoms with Crippen molar-refractivity contribution in [3.8, 4) is 11.5 Å². The van der Waals surface area contributed by atoms with Crippen molar-refractivity contribution in [2.75, 3.05) is 18.5 Å². The predicted molar refractivity (Wildman–Crippen MR) is 91.6 cm³/mol. The molecular weight excluding hydrogens is 421 g/mol. The monoisotopic (exact) mass is 431 g/mol. The number of halogens is 3. The molecule has 1 N–H and O–H groups in total. The van der Waals surface area contributed by atoms with Gasteiger partial charge in [-0.25, -0.2) is 0 Å². The van der Waals surface area contributed by atoms with Gasteiger partial charge in [0.15, 0.2) is 11.5 Å². The molecule has 110 valence electrons. The van der Waals surface area contributed by atoms with Crippen LogP contribution in [0.25, 0.3) is 0 Å². The average molecular weight is 434 g/mol. The lowest BCUT2D eigenvalue weighted by molar-refractivity contribution is 0.171. The molecule has 0 unspecified atom stereocenters. The van der Waals surface area contributed by atoms with Crippen LogP contribution in [0.4, 0.5) is 5.69 Å². The van der Waals surface area contributed by atoms with Crippen molar-refractivity contribution in [3.05, 3.63) is 49.9 Å². The van der Waals surface area contributed by atoms with Crippen LogP contribution >= 0.6 is 43.5 Å². The van der Waals surface area contributed by atoms with Crippen molar-refractivity contribution in [1.29, 1.82) is 0 Å². The lowest BCUT2D eigenvalue weighted by atomic mass is 10.2. The third-order valence-electron chi connectivity index (χ3n) is 3.09. The van der Waals surface area contributed by atoms with Crippen LogP contribution in [0.5, 0.6) is 11.5 Å². The molecule has 3 nitrogen and oxygen atoms in total. The second-order valence-corrected chi connectivity index (χ2v) is 6.67. The molecule has 0 atom stereocenters. The van der Waals surface area contributed by atoms with Crippen LogP contribution in [0.15, 0.2) is 39.3 Å². The molecule has 0 fully saturated rings. The molecule has 0 radical (unpaired) electrons. The minimum absolute atomic E-state index is 0.536. The summed E-state index contributed by atoms with van der Waals surface area (Å²) < 4.78 is 13.1. The minimum atomic E-state index is 0.536. The number of rotatable bonds is 3. The van der Waals surface area contributed by atoms with E-state index in [0.29, 0.717) is 36.3 Å². The van der Waals surface area contributed by atoms with E-state index in [1.165, 1.54) is 0 Å². The first-order chi connectivity index (χ1) is 10.1. The lowest BCUT2D eigenvalue weighted by Crippen LogP contribution is -2.16. The average Bonchev–Trinajstić information content (AvgIpc) is 2.47. The van der Waals surface area contributed by atoms with Gasteiger partial charge in [-0.2, -0.15) is 0 Å². The van der Waals surface area contributed by atoms with Gasteiger partial charge in [0.1, 0.15) is 13.2 Å². The zero-order valence-electron chi connectivity index (χ0n) is 11.0. The Morgan fingerprint density at radius 2 is 1.81 bits per heavy atom. The molecule has 0 aliphatic carbocycles. The van der Waals surface area contributed by atoms with Gasteiger partial charge < -0.3 is 14.8 Å². The molecule has 0 aromatic heterocycles. The highest BCUT2D eigenvalue weighted by atomic mass is 79.9. The molecule has 0 spiro atoms. The number of hydrogen-bond acceptors (Lipinski definition) is 3. The summed E-state index contributed by atoms with van der Waals surface area (Å²) in [5.41, 5.74) is 2.04. The van der Waals surface area contributed by atoms with Gasteiger partial charge in [-0.3, -0.25) is 0 Å². The molecule has 21 heavy (non-hydrogen) atoms. The fourth-order valence-corrected chi connectivity index (χ4v) is 3.69. The summed E-state index contributed by atoms with van der Waals surface area (Å²) in [6, 6.07) is 9.80. The van der Waals surface area contributed by atoms with Gasteiger partial charge in [-0.15, -0.1) is 0 Å². The molecule has 3 rings (SSSR count). The molecule has 1 aliphatic rings. The van der Waals surface area contributed by atoms with Crippen LogP contribution in [0.3, 0.4) is 0 Å². The van der Waals surface area contributed by atoms with E-state index in [1.54, 1.807) is 0 Å². The van der Waals surface area contributed by atoms with Crippen LogP contribution in [0.2, 0.25) is 5.02 Å². The van der Waals surface area contributed by atoms with E-state index in [2.05, 4.69) is 37.2 Å². The van der Waals surface area contributed by atoms with Crippen molar-refractivity contribution in [2.45, 2.75) is 6.54 Å². The molecular formula is C15H12Br2ClNO2. The normalized spacial score (nSPS) is 13.1. The van der Waals surface area contributed by atoms with Gasteiger partial charge in [0, 0.05) is 15.5 Å². The second kappa shape index (κ2) is 6.46. The summed E-state index contributed by atoms with van der Waals surface area (Å²) in [5, 5.41) is 3.96. The van der Waals surface area contributed by atoms with E-state index < -0.39 is 0 Å². The second-order valence-electron chi connectivity index (χ2n) is 4.55. The molecule has 6 heteroatoms. The van der Waals surface area contributed by atoms with Gasteiger partial charge in [0.05, 0.1) is 10.7 Å². The Labute approximate surface area is 144 Å². The molecule has 1 aliphatic heterocycles. The Balaban J connectivity index is 1.81. The summed E-state index contributed by atoms with van der Waals surface area (Å²) in [7, 11) is 0. The molecule has 0 bridgehead atoms. The maximum absolute atomic E-state index is 6.24. The van der Waals surface area contributed by atoms with Gasteiger partial charge in [0.2, 0.25) is 0 Å². The van der Waals surface area contributed by atoms with Gasteiger partial charge in [-0.05, 0) is 61.7 Å². The van der Waals surface area contributed by atoms with Crippen LogP contribution in [0.1, 0.15) is 5.56 Å². The molecule has 1 heterocycles. The minimum Gasteiger partial charge on any atom is -0.486 e. The van der Waals surface area contributed by atoms with E-state index in [1.807, 2.05) is 30.3 Å². The van der Waals surface area contributed by atoms with Crippen LogP contribution < -0.4 is 14.8 Å². The van der Waals surface area contributed by atoms with Gasteiger partial charge in [-0.1, -0.05) is 17.7 Å². The smallest absolute Gasteiger partial charge is 0.179 e. The van der Waals surface area contributed by atoms with E-state index >= 15 is 0 Å². The number of hydrogen-bond donors (Lipinski definition) is 1. The number of nitrogens with one attached hydrogen (secondary N) is 1. The summed E-state index contributed by atoms with van der Waals surface area (Å²) in [4.78, 5) is 0. The zero-order chi connectivity index (χ0) is 14.8. The first-order valence-corrected chi connectivity index (χ1v) is 8.37. The van der Waals surface area contributed by atoms with Crippen molar-refractivity contribution < 1.29 is 9.47 Å². The summed E-state index contributed by atoms with van der Waals surface area (Å²) in [5.74, 6) is 1.34. The Morgan fingerprint density at radius 1 is 1.10 bits per heavy atom. The zero-order valence-corrected chi connectivity index (χ0v) is 14.9. The summed E-state index contributed by atoms with van der Waals surface area (Å²) in [6.45, 7) is 1.72. The number of anilines is 1. The summed E-state index contributed by atoms with van der Waals surface area (Å²) >= 11 is 13.3. The third kappa shape index (κ3) is 3.30. The van der Waals surface area contributed by atoms with E-state index in [9.17, 15) is 0 Å². The number of para-hydroxylation sites is 1. The van der Waals surface area contributed by atoms with E-state index in [0.717, 1.165) is 20.2 Å². The fourth-order valence-electron chi connectivity index (χ4n) is 2.12. The van der Waals surface area contributed by atoms with E-state index in [-0.39, 0.29) is 0 Å². The van der Waals surface area contributed by atoms with Crippen molar-refractivity contribution in [1.82, 2.24) is 0 Å². The quantitative estimate of drug-likeness (QED) is 0.717.